The zero-order chi connectivity index (χ0) is 15.4. The Bertz CT molecular complexity index is 778. The van der Waals surface area contributed by atoms with Gasteiger partial charge in [0.05, 0.1) is 0 Å². The average molecular weight is 329 g/mol. The fourth-order valence-corrected chi connectivity index (χ4v) is 3.63. The normalized spacial score (nSPS) is 11.3. The Morgan fingerprint density at radius 3 is 2.77 bits per heavy atom. The van der Waals surface area contributed by atoms with Crippen molar-refractivity contribution in [3.05, 3.63) is 47.0 Å². The lowest BCUT2D eigenvalue weighted by molar-refractivity contribution is 0.490. The summed E-state index contributed by atoms with van der Waals surface area (Å²) in [5.41, 5.74) is 1.79. The fourth-order valence-electron chi connectivity index (χ4n) is 1.97. The number of nitrogens with zero attached hydrogens (tertiary/aromatic N) is 3. The zero-order valence-electron chi connectivity index (χ0n) is 12.1. The molecule has 3 aromatic rings. The quantitative estimate of drug-likeness (QED) is 0.692. The van der Waals surface area contributed by atoms with Gasteiger partial charge in [-0.05, 0) is 18.1 Å². The maximum absolute atomic E-state index is 10.1. The summed E-state index contributed by atoms with van der Waals surface area (Å²) in [6.07, 6.45) is 3.62. The smallest absolute Gasteiger partial charge is 0.231 e. The highest BCUT2D eigenvalue weighted by Gasteiger charge is 2.08. The minimum atomic E-state index is 0.265. The molecule has 0 radical (unpaired) electrons. The predicted molar refractivity (Wildman–Crippen MR) is 92.6 cm³/mol. The number of benzene rings is 1. The van der Waals surface area contributed by atoms with Crippen LogP contribution in [0.4, 0.5) is 5.13 Å². The third kappa shape index (κ3) is 3.40. The molecular formula is C16H15N3OS2. The summed E-state index contributed by atoms with van der Waals surface area (Å²) in [5.74, 6) is 0. The minimum Gasteiger partial charge on any atom is -0.499 e. The van der Waals surface area contributed by atoms with E-state index < -0.39 is 0 Å². The first-order valence-electron chi connectivity index (χ1n) is 7.01. The van der Waals surface area contributed by atoms with E-state index >= 15 is 0 Å². The first-order valence-corrected chi connectivity index (χ1v) is 8.64. The Balaban J connectivity index is 1.80. The second-order valence-corrected chi connectivity index (χ2v) is 6.79. The van der Waals surface area contributed by atoms with Crippen molar-refractivity contribution in [3.63, 3.8) is 0 Å². The van der Waals surface area contributed by atoms with E-state index in [1.54, 1.807) is 6.21 Å². The van der Waals surface area contributed by atoms with Gasteiger partial charge in [0, 0.05) is 23.1 Å². The van der Waals surface area contributed by atoms with Crippen molar-refractivity contribution in [1.29, 1.82) is 0 Å². The van der Waals surface area contributed by atoms with Gasteiger partial charge in [-0.1, -0.05) is 59.9 Å². The van der Waals surface area contributed by atoms with Crippen LogP contribution in [-0.2, 0) is 6.42 Å². The molecule has 1 N–H and O–H groups in total. The van der Waals surface area contributed by atoms with Gasteiger partial charge in [0.1, 0.15) is 5.01 Å². The molecule has 6 heteroatoms. The number of aryl methyl sites for hydroxylation is 1. The molecule has 0 unspecified atom stereocenters. The third-order valence-corrected chi connectivity index (χ3v) is 4.93. The van der Waals surface area contributed by atoms with E-state index in [0.29, 0.717) is 10.7 Å². The van der Waals surface area contributed by atoms with E-state index in [4.69, 9.17) is 0 Å². The van der Waals surface area contributed by atoms with Gasteiger partial charge in [-0.3, -0.25) is 0 Å². The van der Waals surface area contributed by atoms with E-state index in [1.807, 2.05) is 36.4 Å². The molecule has 0 aliphatic heterocycles. The Morgan fingerprint density at radius 2 is 2.00 bits per heavy atom. The number of rotatable bonds is 5. The van der Waals surface area contributed by atoms with Crippen LogP contribution < -0.4 is 0 Å². The predicted octanol–water partition coefficient (Wildman–Crippen LogP) is 4.68. The molecule has 0 saturated heterocycles. The molecule has 0 saturated carbocycles. The van der Waals surface area contributed by atoms with Crippen molar-refractivity contribution < 1.29 is 5.11 Å². The molecule has 0 aliphatic rings. The van der Waals surface area contributed by atoms with Crippen LogP contribution in [0, 0.1) is 0 Å². The SMILES string of the molecule is CCCc1nnc(/N=C/c2cc(-c3ccccc3)sc2O)s1. The highest BCUT2D eigenvalue weighted by molar-refractivity contribution is 7.17. The first kappa shape index (κ1) is 14.9. The summed E-state index contributed by atoms with van der Waals surface area (Å²) in [6.45, 7) is 2.11. The first-order chi connectivity index (χ1) is 10.8. The zero-order valence-corrected chi connectivity index (χ0v) is 13.7. The van der Waals surface area contributed by atoms with Gasteiger partial charge >= 0.3 is 0 Å². The molecule has 0 aliphatic carbocycles. The number of thiophene rings is 1. The number of aromatic hydroxyl groups is 1. The molecule has 0 amide bonds. The second-order valence-electron chi connectivity index (χ2n) is 4.72. The molecule has 0 spiro atoms. The fraction of sp³-hybridized carbons (Fsp3) is 0.188. The molecular weight excluding hydrogens is 314 g/mol. The molecule has 1 aromatic carbocycles. The molecule has 3 rings (SSSR count). The molecule has 4 nitrogen and oxygen atoms in total. The van der Waals surface area contributed by atoms with Crippen molar-refractivity contribution in [2.24, 2.45) is 4.99 Å². The van der Waals surface area contributed by atoms with Crippen LogP contribution in [0.5, 0.6) is 5.06 Å². The molecule has 2 heterocycles. The van der Waals surface area contributed by atoms with Crippen LogP contribution in [0.15, 0.2) is 41.4 Å². The lowest BCUT2D eigenvalue weighted by Gasteiger charge is -1.93. The van der Waals surface area contributed by atoms with Gasteiger partial charge in [-0.25, -0.2) is 4.99 Å². The molecule has 0 atom stereocenters. The monoisotopic (exact) mass is 329 g/mol. The van der Waals surface area contributed by atoms with Crippen molar-refractivity contribution in [1.82, 2.24) is 10.2 Å². The van der Waals surface area contributed by atoms with Crippen molar-refractivity contribution >= 4 is 34.0 Å². The summed E-state index contributed by atoms with van der Waals surface area (Å²) in [6, 6.07) is 11.9. The summed E-state index contributed by atoms with van der Waals surface area (Å²) in [7, 11) is 0. The Labute approximate surface area is 136 Å². The summed E-state index contributed by atoms with van der Waals surface area (Å²) in [5, 5.41) is 20.1. The summed E-state index contributed by atoms with van der Waals surface area (Å²) >= 11 is 2.83. The van der Waals surface area contributed by atoms with Crippen LogP contribution in [0.1, 0.15) is 23.9 Å². The van der Waals surface area contributed by atoms with Gasteiger partial charge in [0.2, 0.25) is 5.13 Å². The molecule has 0 fully saturated rings. The Morgan fingerprint density at radius 1 is 1.18 bits per heavy atom. The largest absolute Gasteiger partial charge is 0.499 e. The van der Waals surface area contributed by atoms with Crippen molar-refractivity contribution in [2.45, 2.75) is 19.8 Å². The molecule has 112 valence electrons. The van der Waals surface area contributed by atoms with Gasteiger partial charge in [-0.15, -0.1) is 10.2 Å². The van der Waals surface area contributed by atoms with E-state index in [9.17, 15) is 5.11 Å². The van der Waals surface area contributed by atoms with Crippen LogP contribution in [0.3, 0.4) is 0 Å². The summed E-state index contributed by atoms with van der Waals surface area (Å²) < 4.78 is 0. The highest BCUT2D eigenvalue weighted by atomic mass is 32.1. The molecule has 2 aromatic heterocycles. The van der Waals surface area contributed by atoms with Gasteiger partial charge in [-0.2, -0.15) is 0 Å². The Hall–Kier alpha value is -2.05. The highest BCUT2D eigenvalue weighted by Crippen LogP contribution is 2.35. The van der Waals surface area contributed by atoms with E-state index in [-0.39, 0.29) is 5.06 Å². The van der Waals surface area contributed by atoms with Crippen LogP contribution >= 0.6 is 22.7 Å². The van der Waals surface area contributed by atoms with Gasteiger partial charge < -0.3 is 5.11 Å². The average Bonchev–Trinajstić information content (AvgIpc) is 3.13. The maximum atomic E-state index is 10.1. The number of aromatic nitrogens is 2. The lowest BCUT2D eigenvalue weighted by atomic mass is 10.2. The molecule has 22 heavy (non-hydrogen) atoms. The standard InChI is InChI=1S/C16H15N3OS2/c1-2-6-14-18-19-16(22-14)17-10-12-9-13(21-15(12)20)11-7-4-3-5-8-11/h3-5,7-10,20H,2,6H2,1H3/b17-10+. The van der Waals surface area contributed by atoms with Crippen LogP contribution in [0.25, 0.3) is 10.4 Å². The lowest BCUT2D eigenvalue weighted by Crippen LogP contribution is -1.79. The maximum Gasteiger partial charge on any atom is 0.231 e. The Kier molecular flexibility index (Phi) is 4.60. The number of hydrogen-bond donors (Lipinski definition) is 1. The third-order valence-electron chi connectivity index (χ3n) is 3.03. The summed E-state index contributed by atoms with van der Waals surface area (Å²) in [4.78, 5) is 5.33. The second kappa shape index (κ2) is 6.81. The topological polar surface area (TPSA) is 58.4 Å². The molecule has 0 bridgehead atoms. The van der Waals surface area contributed by atoms with Crippen LogP contribution in [-0.4, -0.2) is 21.5 Å². The minimum absolute atomic E-state index is 0.265. The van der Waals surface area contributed by atoms with Gasteiger partial charge in [0.25, 0.3) is 0 Å². The van der Waals surface area contributed by atoms with Crippen molar-refractivity contribution in [3.8, 4) is 15.5 Å². The van der Waals surface area contributed by atoms with Crippen molar-refractivity contribution in [2.75, 3.05) is 0 Å². The van der Waals surface area contributed by atoms with E-state index in [0.717, 1.165) is 28.3 Å². The van der Waals surface area contributed by atoms with E-state index in [1.165, 1.54) is 22.7 Å². The van der Waals surface area contributed by atoms with Crippen LogP contribution in [0.2, 0.25) is 0 Å². The number of hydrogen-bond acceptors (Lipinski definition) is 6. The van der Waals surface area contributed by atoms with Gasteiger partial charge in [0.15, 0.2) is 5.06 Å². The number of aliphatic imine (C=N–C) groups is 1. The van der Waals surface area contributed by atoms with E-state index in [2.05, 4.69) is 22.1 Å².